The van der Waals surface area contributed by atoms with Crippen molar-refractivity contribution in [3.8, 4) is 11.8 Å². The van der Waals surface area contributed by atoms with Gasteiger partial charge < -0.3 is 4.57 Å². The molecule has 2 aromatic carbocycles. The van der Waals surface area contributed by atoms with Crippen molar-refractivity contribution in [1.29, 1.82) is 5.26 Å². The second kappa shape index (κ2) is 7.14. The lowest BCUT2D eigenvalue weighted by Crippen LogP contribution is -1.93. The molecule has 0 amide bonds. The Morgan fingerprint density at radius 1 is 0.647 bits per heavy atom. The lowest BCUT2D eigenvalue weighted by atomic mass is 10.2. The molecule has 6 aromatic heterocycles. The third kappa shape index (κ3) is 2.68. The van der Waals surface area contributed by atoms with Crippen LogP contribution in [0.25, 0.3) is 65.1 Å². The van der Waals surface area contributed by atoms with Crippen molar-refractivity contribution in [2.45, 2.75) is 0 Å². The van der Waals surface area contributed by atoms with Crippen molar-refractivity contribution in [2.75, 3.05) is 0 Å². The second-order valence-electron chi connectivity index (χ2n) is 7.99. The first-order chi connectivity index (χ1) is 16.6. The molecule has 0 spiro atoms. The molecule has 162 valence electrons. The minimum absolute atomic E-state index is 0.678. The van der Waals surface area contributed by atoms with Gasteiger partial charge in [-0.2, -0.15) is 5.26 Å². The molecule has 9 heteroatoms. The van der Waals surface area contributed by atoms with Crippen LogP contribution in [0.1, 0.15) is 5.56 Å². The van der Waals surface area contributed by atoms with E-state index in [1.165, 1.54) is 63.2 Å². The lowest BCUT2D eigenvalue weighted by Gasteiger charge is -2.07. The van der Waals surface area contributed by atoms with E-state index in [0.29, 0.717) is 5.56 Å². The maximum absolute atomic E-state index is 9.31. The summed E-state index contributed by atoms with van der Waals surface area (Å²) in [6.07, 6.45) is 0. The molecule has 2 nitrogen and oxygen atoms in total. The topological polar surface area (TPSA) is 28.7 Å². The van der Waals surface area contributed by atoms with Gasteiger partial charge in [0.2, 0.25) is 0 Å². The van der Waals surface area contributed by atoms with Crippen LogP contribution in [0.2, 0.25) is 0 Å². The Morgan fingerprint density at radius 3 is 2.09 bits per heavy atom. The molecular formula is C25H8Br2N2S5. The quantitative estimate of drug-likeness (QED) is 0.173. The summed E-state index contributed by atoms with van der Waals surface area (Å²) in [6, 6.07) is 19.4. The average Bonchev–Trinajstić information content (AvgIpc) is 3.63. The number of thiophene rings is 5. The number of rotatable bonds is 1. The van der Waals surface area contributed by atoms with Gasteiger partial charge in [0.05, 0.1) is 53.7 Å². The zero-order chi connectivity index (χ0) is 22.7. The zero-order valence-corrected chi connectivity index (χ0v) is 24.1. The van der Waals surface area contributed by atoms with E-state index in [-0.39, 0.29) is 0 Å². The van der Waals surface area contributed by atoms with Gasteiger partial charge in [0, 0.05) is 30.6 Å². The molecule has 0 fully saturated rings. The Labute approximate surface area is 229 Å². The van der Waals surface area contributed by atoms with Gasteiger partial charge in [0.25, 0.3) is 0 Å². The van der Waals surface area contributed by atoms with E-state index in [0.717, 1.165) is 9.47 Å². The van der Waals surface area contributed by atoms with Crippen LogP contribution in [0.3, 0.4) is 0 Å². The maximum Gasteiger partial charge on any atom is 0.0991 e. The molecule has 6 heterocycles. The number of hydrogen-bond acceptors (Lipinski definition) is 6. The Bertz CT molecular complexity index is 2160. The highest BCUT2D eigenvalue weighted by molar-refractivity contribution is 9.11. The van der Waals surface area contributed by atoms with E-state index in [1.807, 2.05) is 57.5 Å². The summed E-state index contributed by atoms with van der Waals surface area (Å²) in [7, 11) is 0. The molecule has 34 heavy (non-hydrogen) atoms. The Kier molecular flexibility index (Phi) is 4.29. The van der Waals surface area contributed by atoms with Crippen molar-refractivity contribution in [2.24, 2.45) is 0 Å². The van der Waals surface area contributed by atoms with Crippen molar-refractivity contribution < 1.29 is 0 Å². The minimum Gasteiger partial charge on any atom is -0.307 e. The van der Waals surface area contributed by atoms with Crippen LogP contribution < -0.4 is 0 Å². The molecule has 0 saturated heterocycles. The molecule has 0 atom stereocenters. The Balaban J connectivity index is 1.55. The first-order valence-electron chi connectivity index (χ1n) is 10.2. The Morgan fingerprint density at radius 2 is 1.32 bits per heavy atom. The van der Waals surface area contributed by atoms with Crippen molar-refractivity contribution in [3.63, 3.8) is 0 Å². The predicted octanol–water partition coefficient (Wildman–Crippen LogP) is 11.1. The third-order valence-electron chi connectivity index (χ3n) is 6.12. The lowest BCUT2D eigenvalue weighted by molar-refractivity contribution is 1.19. The van der Waals surface area contributed by atoms with E-state index in [9.17, 15) is 5.26 Å². The molecule has 0 aliphatic heterocycles. The summed E-state index contributed by atoms with van der Waals surface area (Å²) in [5.41, 5.74) is 4.26. The van der Waals surface area contributed by atoms with Gasteiger partial charge in [-0.15, -0.1) is 56.7 Å². The summed E-state index contributed by atoms with van der Waals surface area (Å²) in [4.78, 5) is 0. The zero-order valence-electron chi connectivity index (χ0n) is 16.8. The fourth-order valence-corrected chi connectivity index (χ4v) is 12.7. The number of nitrogens with zero attached hydrogens (tertiary/aromatic N) is 2. The number of fused-ring (bicyclic) bond motifs is 10. The van der Waals surface area contributed by atoms with Crippen molar-refractivity contribution in [3.05, 3.63) is 61.7 Å². The van der Waals surface area contributed by atoms with Crippen molar-refractivity contribution in [1.82, 2.24) is 4.57 Å². The number of benzene rings is 2. The fourth-order valence-electron chi connectivity index (χ4n) is 4.72. The van der Waals surface area contributed by atoms with Gasteiger partial charge >= 0.3 is 0 Å². The number of nitriles is 1. The minimum atomic E-state index is 0.678. The fraction of sp³-hybridized carbons (Fsp3) is 0. The Hall–Kier alpha value is -1.77. The highest BCUT2D eigenvalue weighted by Gasteiger charge is 2.22. The second-order valence-corrected chi connectivity index (χ2v) is 16.0. The smallest absolute Gasteiger partial charge is 0.0991 e. The normalized spacial score (nSPS) is 12.4. The molecule has 0 radical (unpaired) electrons. The summed E-state index contributed by atoms with van der Waals surface area (Å²) in [5.74, 6) is 0. The largest absolute Gasteiger partial charge is 0.307 e. The molecule has 8 rings (SSSR count). The van der Waals surface area contributed by atoms with Crippen LogP contribution in [0, 0.1) is 11.3 Å². The van der Waals surface area contributed by atoms with E-state index in [2.05, 4.69) is 78.9 Å². The van der Waals surface area contributed by atoms with Crippen LogP contribution in [0.4, 0.5) is 0 Å². The van der Waals surface area contributed by atoms with Crippen LogP contribution in [0.5, 0.6) is 0 Å². The van der Waals surface area contributed by atoms with E-state index < -0.39 is 0 Å². The molecule has 0 N–H and O–H groups in total. The predicted molar refractivity (Wildman–Crippen MR) is 160 cm³/mol. The molecule has 8 aromatic rings. The van der Waals surface area contributed by atoms with Gasteiger partial charge in [-0.3, -0.25) is 0 Å². The van der Waals surface area contributed by atoms with Gasteiger partial charge in [-0.1, -0.05) is 0 Å². The summed E-state index contributed by atoms with van der Waals surface area (Å²) < 4.78 is 15.6. The monoisotopic (exact) mass is 654 g/mol. The SMILES string of the molecule is N#Cc1ccc(-n2c3cc4c(cc3c3sc5cc(Br)sc5c32)sc2c3sc(Br)cc3sc42)cc1. The van der Waals surface area contributed by atoms with Gasteiger partial charge in [0.15, 0.2) is 0 Å². The standard InChI is InChI=1S/C25H8Br2N2S5/c26-18-7-16-23(33-18)20-21(31-16)12-6-15-13(22-25(30-15)24-17(32-22)8-19(27)34-24)5-14(12)29(20)11-3-1-10(9-28)2-4-11/h1-8H. The molecule has 0 aliphatic rings. The summed E-state index contributed by atoms with van der Waals surface area (Å²) in [5, 5.41) is 11.9. The van der Waals surface area contributed by atoms with Crippen LogP contribution in [-0.2, 0) is 0 Å². The third-order valence-corrected chi connectivity index (χ3v) is 13.4. The van der Waals surface area contributed by atoms with E-state index >= 15 is 0 Å². The van der Waals surface area contributed by atoms with Gasteiger partial charge in [-0.05, 0) is 80.4 Å². The number of halogens is 2. The molecular weight excluding hydrogens is 648 g/mol. The molecule has 0 aliphatic carbocycles. The molecule has 0 saturated carbocycles. The first kappa shape index (κ1) is 20.4. The van der Waals surface area contributed by atoms with Gasteiger partial charge in [-0.25, -0.2) is 0 Å². The van der Waals surface area contributed by atoms with Crippen LogP contribution in [-0.4, -0.2) is 4.57 Å². The maximum atomic E-state index is 9.31. The van der Waals surface area contributed by atoms with Crippen LogP contribution in [0.15, 0.2) is 56.1 Å². The first-order valence-corrected chi connectivity index (χ1v) is 15.9. The summed E-state index contributed by atoms with van der Waals surface area (Å²) in [6.45, 7) is 0. The summed E-state index contributed by atoms with van der Waals surface area (Å²) >= 11 is 16.6. The van der Waals surface area contributed by atoms with Gasteiger partial charge in [0.1, 0.15) is 0 Å². The molecule has 0 bridgehead atoms. The van der Waals surface area contributed by atoms with Crippen molar-refractivity contribution >= 4 is 148 Å². The molecule has 0 unspecified atom stereocenters. The highest BCUT2D eigenvalue weighted by Crippen LogP contribution is 2.51. The number of hydrogen-bond donors (Lipinski definition) is 0. The number of aromatic nitrogens is 1. The van der Waals surface area contributed by atoms with E-state index in [1.54, 1.807) is 11.3 Å². The average molecular weight is 656 g/mol. The van der Waals surface area contributed by atoms with E-state index in [4.69, 9.17) is 0 Å². The highest BCUT2D eigenvalue weighted by atomic mass is 79.9. The van der Waals surface area contributed by atoms with Crippen LogP contribution >= 0.6 is 88.5 Å².